The number of hydrogen-bond acceptors (Lipinski definition) is 6. The molecule has 0 fully saturated rings. The molecule has 0 radical (unpaired) electrons. The first kappa shape index (κ1) is 25.4. The number of carbonyl (C=O) groups is 3. The summed E-state index contributed by atoms with van der Waals surface area (Å²) in [6.45, 7) is 0.153. The summed E-state index contributed by atoms with van der Waals surface area (Å²) in [5.41, 5.74) is 5.59. The van der Waals surface area contributed by atoms with E-state index < -0.39 is 29.6 Å². The highest BCUT2D eigenvalue weighted by Crippen LogP contribution is 2.26. The molecule has 1 amide bonds. The second kappa shape index (κ2) is 10.6. The number of esters is 1. The molecule has 0 unspecified atom stereocenters. The third-order valence-electron chi connectivity index (χ3n) is 4.34. The van der Waals surface area contributed by atoms with E-state index in [-0.39, 0.29) is 36.4 Å². The number of carbonyl (C=O) groups excluding carboxylic acids is 3. The Morgan fingerprint density at radius 3 is 2.36 bits per heavy atom. The van der Waals surface area contributed by atoms with E-state index in [2.05, 4.69) is 4.74 Å². The van der Waals surface area contributed by atoms with Crippen LogP contribution in [-0.2, 0) is 4.79 Å². The van der Waals surface area contributed by atoms with E-state index >= 15 is 0 Å². The zero-order valence-electron chi connectivity index (χ0n) is 17.9. The molecular weight excluding hydrogens is 443 g/mol. The minimum absolute atomic E-state index is 0.0139. The molecule has 2 aromatic rings. The van der Waals surface area contributed by atoms with Gasteiger partial charge in [-0.25, -0.2) is 4.79 Å². The maximum atomic E-state index is 12.6. The van der Waals surface area contributed by atoms with Gasteiger partial charge < -0.3 is 20.1 Å². The van der Waals surface area contributed by atoms with Gasteiger partial charge in [-0.2, -0.15) is 13.2 Å². The first-order valence-corrected chi connectivity index (χ1v) is 9.65. The molecule has 0 aliphatic heterocycles. The maximum absolute atomic E-state index is 12.6. The van der Waals surface area contributed by atoms with Gasteiger partial charge >= 0.3 is 12.1 Å². The maximum Gasteiger partial charge on any atom is 0.491 e. The molecule has 0 atom stereocenters. The predicted octanol–water partition coefficient (Wildman–Crippen LogP) is 3.18. The van der Waals surface area contributed by atoms with Crippen molar-refractivity contribution in [1.29, 1.82) is 5.41 Å². The summed E-state index contributed by atoms with van der Waals surface area (Å²) in [6.07, 6.45) is -5.01. The van der Waals surface area contributed by atoms with Crippen LogP contribution in [0, 0.1) is 5.41 Å². The minimum atomic E-state index is -5.27. The molecule has 8 nitrogen and oxygen atoms in total. The summed E-state index contributed by atoms with van der Waals surface area (Å²) in [5, 5.41) is 7.42. The van der Waals surface area contributed by atoms with Crippen LogP contribution in [0.25, 0.3) is 0 Å². The second-order valence-corrected chi connectivity index (χ2v) is 7.11. The zero-order valence-corrected chi connectivity index (χ0v) is 17.9. The largest absolute Gasteiger partial charge is 0.494 e. The summed E-state index contributed by atoms with van der Waals surface area (Å²) < 4.78 is 47.8. The van der Waals surface area contributed by atoms with Crippen molar-refractivity contribution in [1.82, 2.24) is 4.90 Å². The SMILES string of the molecule is CN(C)C(=O)c1ccc(C(=O)CCCOc2cccc(C(=N)N)c2)cc1OC(=O)C(F)(F)F. The van der Waals surface area contributed by atoms with Crippen molar-refractivity contribution in [3.05, 3.63) is 59.2 Å². The highest BCUT2D eigenvalue weighted by Gasteiger charge is 2.42. The molecule has 3 N–H and O–H groups in total. The number of Topliss-reactive ketones (excluding diaryl/α,β-unsaturated/α-hetero) is 1. The number of amides is 1. The van der Waals surface area contributed by atoms with E-state index in [1.807, 2.05) is 0 Å². The lowest BCUT2D eigenvalue weighted by Gasteiger charge is -2.15. The average Bonchev–Trinajstić information content (AvgIpc) is 2.75. The first-order chi connectivity index (χ1) is 15.4. The highest BCUT2D eigenvalue weighted by atomic mass is 19.4. The molecule has 2 rings (SSSR count). The predicted molar refractivity (Wildman–Crippen MR) is 113 cm³/mol. The first-order valence-electron chi connectivity index (χ1n) is 9.65. The van der Waals surface area contributed by atoms with Crippen LogP contribution < -0.4 is 15.2 Å². The number of halogens is 3. The van der Waals surface area contributed by atoms with Crippen LogP contribution in [0.4, 0.5) is 13.2 Å². The Hall–Kier alpha value is -3.89. The number of rotatable bonds is 9. The van der Waals surface area contributed by atoms with Gasteiger partial charge in [0.15, 0.2) is 5.78 Å². The Bertz CT molecular complexity index is 1070. The minimum Gasteiger partial charge on any atom is -0.494 e. The Morgan fingerprint density at radius 2 is 1.76 bits per heavy atom. The number of amidine groups is 1. The summed E-state index contributed by atoms with van der Waals surface area (Å²) in [5.74, 6) is -3.94. The molecule has 2 aromatic carbocycles. The van der Waals surface area contributed by atoms with Crippen LogP contribution in [0.3, 0.4) is 0 Å². The van der Waals surface area contributed by atoms with E-state index in [1.165, 1.54) is 20.2 Å². The molecule has 0 bridgehead atoms. The fraction of sp³-hybridized carbons (Fsp3) is 0.273. The number of hydrogen-bond donors (Lipinski definition) is 2. The van der Waals surface area contributed by atoms with Crippen molar-refractivity contribution in [2.45, 2.75) is 19.0 Å². The summed E-state index contributed by atoms with van der Waals surface area (Å²) >= 11 is 0. The molecule has 0 aromatic heterocycles. The van der Waals surface area contributed by atoms with E-state index in [4.69, 9.17) is 15.9 Å². The third-order valence-corrected chi connectivity index (χ3v) is 4.34. The second-order valence-electron chi connectivity index (χ2n) is 7.11. The van der Waals surface area contributed by atoms with Crippen molar-refractivity contribution in [3.63, 3.8) is 0 Å². The Morgan fingerprint density at radius 1 is 1.06 bits per heavy atom. The molecule has 0 spiro atoms. The molecule has 11 heteroatoms. The monoisotopic (exact) mass is 465 g/mol. The third kappa shape index (κ3) is 7.06. The van der Waals surface area contributed by atoms with Crippen LogP contribution in [0.5, 0.6) is 11.5 Å². The van der Waals surface area contributed by atoms with Crippen LogP contribution >= 0.6 is 0 Å². The Labute approximate surface area is 187 Å². The number of benzene rings is 2. The number of nitrogens with zero attached hydrogens (tertiary/aromatic N) is 1. The van der Waals surface area contributed by atoms with Crippen molar-refractivity contribution in [2.75, 3.05) is 20.7 Å². The van der Waals surface area contributed by atoms with Crippen molar-refractivity contribution in [3.8, 4) is 11.5 Å². The van der Waals surface area contributed by atoms with Gasteiger partial charge in [0.05, 0.1) is 12.2 Å². The van der Waals surface area contributed by atoms with E-state index in [1.54, 1.807) is 24.3 Å². The fourth-order valence-electron chi connectivity index (χ4n) is 2.68. The van der Waals surface area contributed by atoms with Crippen molar-refractivity contribution < 1.29 is 37.0 Å². The molecule has 33 heavy (non-hydrogen) atoms. The van der Waals surface area contributed by atoms with Crippen LogP contribution in [0.15, 0.2) is 42.5 Å². The van der Waals surface area contributed by atoms with Gasteiger partial charge in [-0.15, -0.1) is 0 Å². The lowest BCUT2D eigenvalue weighted by molar-refractivity contribution is -0.189. The van der Waals surface area contributed by atoms with E-state index in [0.29, 0.717) is 11.3 Å². The number of nitrogens with two attached hydrogens (primary N) is 1. The number of nitrogens with one attached hydrogen (secondary N) is 1. The molecule has 0 aliphatic carbocycles. The van der Waals surface area contributed by atoms with Crippen molar-refractivity contribution in [2.24, 2.45) is 5.73 Å². The summed E-state index contributed by atoms with van der Waals surface area (Å²) in [6, 6.07) is 9.91. The quantitative estimate of drug-likeness (QED) is 0.146. The number of ketones is 1. The van der Waals surface area contributed by atoms with Crippen LogP contribution in [-0.4, -0.2) is 55.3 Å². The smallest absolute Gasteiger partial charge is 0.491 e. The normalized spacial score (nSPS) is 10.9. The van der Waals surface area contributed by atoms with Gasteiger partial charge in [-0.05, 0) is 30.7 Å². The summed E-state index contributed by atoms with van der Waals surface area (Å²) in [4.78, 5) is 37.1. The lowest BCUT2D eigenvalue weighted by atomic mass is 10.0. The van der Waals surface area contributed by atoms with Gasteiger partial charge in [0.2, 0.25) is 0 Å². The van der Waals surface area contributed by atoms with Gasteiger partial charge in [0.1, 0.15) is 17.3 Å². The molecule has 0 saturated heterocycles. The van der Waals surface area contributed by atoms with Crippen molar-refractivity contribution >= 4 is 23.5 Å². The average molecular weight is 465 g/mol. The molecule has 0 aliphatic rings. The number of ether oxygens (including phenoxy) is 2. The van der Waals surface area contributed by atoms with Gasteiger partial charge in [-0.3, -0.25) is 15.0 Å². The molecular formula is C22H22F3N3O5. The lowest BCUT2D eigenvalue weighted by Crippen LogP contribution is -2.29. The van der Waals surface area contributed by atoms with Gasteiger partial charge in [0, 0.05) is 31.6 Å². The number of nitrogen functional groups attached to an aromatic ring is 1. The van der Waals surface area contributed by atoms with E-state index in [0.717, 1.165) is 17.0 Å². The topological polar surface area (TPSA) is 123 Å². The summed E-state index contributed by atoms with van der Waals surface area (Å²) in [7, 11) is 2.76. The van der Waals surface area contributed by atoms with Gasteiger partial charge in [0.25, 0.3) is 5.91 Å². The van der Waals surface area contributed by atoms with Gasteiger partial charge in [-0.1, -0.05) is 18.2 Å². The van der Waals surface area contributed by atoms with Crippen LogP contribution in [0.2, 0.25) is 0 Å². The molecule has 0 saturated carbocycles. The zero-order chi connectivity index (χ0) is 24.8. The highest BCUT2D eigenvalue weighted by molar-refractivity contribution is 6.01. The number of alkyl halides is 3. The molecule has 176 valence electrons. The Balaban J connectivity index is 2.09. The molecule has 0 heterocycles. The van der Waals surface area contributed by atoms with Crippen LogP contribution in [0.1, 0.15) is 39.1 Å². The fourth-order valence-corrected chi connectivity index (χ4v) is 2.68. The standard InChI is InChI=1S/C22H22F3N3O5/c1-28(2)20(30)16-9-8-13(12-18(16)33-21(31)22(23,24)25)17(29)7-4-10-32-15-6-3-5-14(11-15)19(26)27/h3,5-6,8-9,11-12H,4,7,10H2,1-2H3,(H3,26,27). The Kier molecular flexibility index (Phi) is 8.16. The van der Waals surface area contributed by atoms with E-state index in [9.17, 15) is 27.6 Å².